The first kappa shape index (κ1) is 18.9. The lowest BCUT2D eigenvalue weighted by atomic mass is 10.1. The van der Waals surface area contributed by atoms with Crippen LogP contribution in [0.4, 0.5) is 4.39 Å². The van der Waals surface area contributed by atoms with Crippen molar-refractivity contribution in [2.75, 3.05) is 7.11 Å². The summed E-state index contributed by atoms with van der Waals surface area (Å²) in [6.45, 7) is 3.00. The molecule has 0 saturated carbocycles. The Kier molecular flexibility index (Phi) is 6.44. The topological polar surface area (TPSA) is 30.5 Å². The van der Waals surface area contributed by atoms with Crippen LogP contribution in [-0.2, 0) is 13.2 Å². The first-order chi connectivity index (χ1) is 13.2. The Bertz CT molecular complexity index is 867. The summed E-state index contributed by atoms with van der Waals surface area (Å²) in [7, 11) is 1.61. The third-order valence-corrected chi connectivity index (χ3v) is 4.48. The van der Waals surface area contributed by atoms with Gasteiger partial charge in [-0.1, -0.05) is 54.6 Å². The van der Waals surface area contributed by atoms with Crippen LogP contribution in [0, 0.1) is 5.82 Å². The van der Waals surface area contributed by atoms with Crippen LogP contribution in [0.15, 0.2) is 72.8 Å². The van der Waals surface area contributed by atoms with Crippen molar-refractivity contribution < 1.29 is 13.9 Å². The van der Waals surface area contributed by atoms with Gasteiger partial charge in [0.25, 0.3) is 0 Å². The maximum atomic E-state index is 13.7. The number of rotatable bonds is 8. The molecule has 4 heteroatoms. The molecule has 1 N–H and O–H groups in total. The molecule has 0 aliphatic rings. The zero-order valence-corrected chi connectivity index (χ0v) is 15.6. The SMILES string of the molecule is COc1cc(CN[C@H](C)c2ccccc2)ccc1OCc1ccccc1F. The highest BCUT2D eigenvalue weighted by molar-refractivity contribution is 5.43. The van der Waals surface area contributed by atoms with E-state index in [2.05, 4.69) is 24.4 Å². The lowest BCUT2D eigenvalue weighted by Gasteiger charge is -2.16. The number of benzene rings is 3. The van der Waals surface area contributed by atoms with Gasteiger partial charge in [-0.25, -0.2) is 4.39 Å². The number of methoxy groups -OCH3 is 1. The van der Waals surface area contributed by atoms with Crippen LogP contribution < -0.4 is 14.8 Å². The van der Waals surface area contributed by atoms with E-state index in [1.807, 2.05) is 36.4 Å². The van der Waals surface area contributed by atoms with Gasteiger partial charge in [0.2, 0.25) is 0 Å². The van der Waals surface area contributed by atoms with Gasteiger partial charge in [-0.05, 0) is 36.2 Å². The van der Waals surface area contributed by atoms with Gasteiger partial charge in [0.05, 0.1) is 7.11 Å². The second-order valence-electron chi connectivity index (χ2n) is 6.38. The molecule has 3 aromatic carbocycles. The summed E-state index contributed by atoms with van der Waals surface area (Å²) >= 11 is 0. The Morgan fingerprint density at radius 1 is 0.926 bits per heavy atom. The average Bonchev–Trinajstić information content (AvgIpc) is 2.72. The summed E-state index contributed by atoms with van der Waals surface area (Å²) < 4.78 is 24.9. The maximum Gasteiger partial charge on any atom is 0.161 e. The number of hydrogen-bond acceptors (Lipinski definition) is 3. The normalized spacial score (nSPS) is 11.8. The predicted molar refractivity (Wildman–Crippen MR) is 105 cm³/mol. The summed E-state index contributed by atoms with van der Waals surface area (Å²) in [6, 6.07) is 23.0. The molecule has 27 heavy (non-hydrogen) atoms. The fourth-order valence-corrected chi connectivity index (χ4v) is 2.84. The molecule has 1 atom stereocenters. The molecule has 0 unspecified atom stereocenters. The van der Waals surface area contributed by atoms with E-state index in [1.165, 1.54) is 11.6 Å². The van der Waals surface area contributed by atoms with Gasteiger partial charge in [0.15, 0.2) is 11.5 Å². The highest BCUT2D eigenvalue weighted by Crippen LogP contribution is 2.29. The van der Waals surface area contributed by atoms with E-state index in [1.54, 1.807) is 25.3 Å². The molecule has 0 saturated heterocycles. The van der Waals surface area contributed by atoms with E-state index >= 15 is 0 Å². The Labute approximate surface area is 159 Å². The molecule has 0 aromatic heterocycles. The molecule has 0 amide bonds. The second-order valence-corrected chi connectivity index (χ2v) is 6.38. The standard InChI is InChI=1S/C23H24FNO2/c1-17(19-8-4-3-5-9-19)25-15-18-12-13-22(23(14-18)26-2)27-16-20-10-6-7-11-21(20)24/h3-14,17,25H,15-16H2,1-2H3/t17-/m1/s1. The molecule has 0 heterocycles. The van der Waals surface area contributed by atoms with Gasteiger partial charge in [0, 0.05) is 18.2 Å². The predicted octanol–water partition coefficient (Wildman–Crippen LogP) is 5.26. The summed E-state index contributed by atoms with van der Waals surface area (Å²) in [4.78, 5) is 0. The summed E-state index contributed by atoms with van der Waals surface area (Å²) in [5, 5.41) is 3.51. The van der Waals surface area contributed by atoms with E-state index < -0.39 is 0 Å². The van der Waals surface area contributed by atoms with E-state index in [0.29, 0.717) is 23.6 Å². The Balaban J connectivity index is 1.63. The first-order valence-electron chi connectivity index (χ1n) is 8.99. The van der Waals surface area contributed by atoms with Crippen molar-refractivity contribution in [1.82, 2.24) is 5.32 Å². The van der Waals surface area contributed by atoms with Crippen LogP contribution in [0.2, 0.25) is 0 Å². The highest BCUT2D eigenvalue weighted by atomic mass is 19.1. The van der Waals surface area contributed by atoms with Crippen molar-refractivity contribution >= 4 is 0 Å². The van der Waals surface area contributed by atoms with E-state index in [9.17, 15) is 4.39 Å². The Morgan fingerprint density at radius 3 is 2.41 bits per heavy atom. The fourth-order valence-electron chi connectivity index (χ4n) is 2.84. The van der Waals surface area contributed by atoms with Crippen LogP contribution >= 0.6 is 0 Å². The minimum absolute atomic E-state index is 0.158. The molecule has 3 aromatic rings. The van der Waals surface area contributed by atoms with Crippen molar-refractivity contribution in [3.05, 3.63) is 95.3 Å². The van der Waals surface area contributed by atoms with Gasteiger partial charge in [-0.2, -0.15) is 0 Å². The van der Waals surface area contributed by atoms with Crippen molar-refractivity contribution in [2.45, 2.75) is 26.1 Å². The van der Waals surface area contributed by atoms with Crippen molar-refractivity contribution in [3.8, 4) is 11.5 Å². The van der Waals surface area contributed by atoms with Gasteiger partial charge in [-0.15, -0.1) is 0 Å². The number of hydrogen-bond donors (Lipinski definition) is 1. The second kappa shape index (κ2) is 9.19. The first-order valence-corrected chi connectivity index (χ1v) is 8.99. The maximum absolute atomic E-state index is 13.7. The summed E-state index contributed by atoms with van der Waals surface area (Å²) in [6.07, 6.45) is 0. The van der Waals surface area contributed by atoms with Crippen LogP contribution in [-0.4, -0.2) is 7.11 Å². The third kappa shape index (κ3) is 5.08. The molecule has 140 valence electrons. The zero-order valence-electron chi connectivity index (χ0n) is 15.6. The minimum Gasteiger partial charge on any atom is -0.493 e. The van der Waals surface area contributed by atoms with Crippen molar-refractivity contribution in [3.63, 3.8) is 0 Å². The quantitative estimate of drug-likeness (QED) is 0.590. The third-order valence-electron chi connectivity index (χ3n) is 4.48. The van der Waals surface area contributed by atoms with Crippen LogP contribution in [0.5, 0.6) is 11.5 Å². The minimum atomic E-state index is -0.271. The zero-order chi connectivity index (χ0) is 19.1. The number of nitrogens with one attached hydrogen (secondary N) is 1. The lowest BCUT2D eigenvalue weighted by Crippen LogP contribution is -2.18. The largest absolute Gasteiger partial charge is 0.493 e. The molecular weight excluding hydrogens is 341 g/mol. The molecule has 3 nitrogen and oxygen atoms in total. The van der Waals surface area contributed by atoms with Crippen LogP contribution in [0.1, 0.15) is 29.7 Å². The highest BCUT2D eigenvalue weighted by Gasteiger charge is 2.09. The van der Waals surface area contributed by atoms with E-state index in [0.717, 1.165) is 5.56 Å². The molecular formula is C23H24FNO2. The molecule has 0 fully saturated rings. The lowest BCUT2D eigenvalue weighted by molar-refractivity contribution is 0.279. The monoisotopic (exact) mass is 365 g/mol. The molecule has 0 aliphatic carbocycles. The molecule has 3 rings (SSSR count). The van der Waals surface area contributed by atoms with E-state index in [-0.39, 0.29) is 18.5 Å². The summed E-state index contributed by atoms with van der Waals surface area (Å²) in [5.41, 5.74) is 2.85. The van der Waals surface area contributed by atoms with Crippen molar-refractivity contribution in [2.24, 2.45) is 0 Å². The van der Waals surface area contributed by atoms with Crippen LogP contribution in [0.3, 0.4) is 0 Å². The Morgan fingerprint density at radius 2 is 1.67 bits per heavy atom. The Hall–Kier alpha value is -2.85. The average molecular weight is 365 g/mol. The number of halogens is 1. The fraction of sp³-hybridized carbons (Fsp3) is 0.217. The number of ether oxygens (including phenoxy) is 2. The van der Waals surface area contributed by atoms with Crippen LogP contribution in [0.25, 0.3) is 0 Å². The smallest absolute Gasteiger partial charge is 0.161 e. The molecule has 0 radical (unpaired) electrons. The van der Waals surface area contributed by atoms with Gasteiger partial charge in [-0.3, -0.25) is 0 Å². The molecule has 0 bridgehead atoms. The van der Waals surface area contributed by atoms with Gasteiger partial charge >= 0.3 is 0 Å². The molecule has 0 spiro atoms. The van der Waals surface area contributed by atoms with Gasteiger partial charge in [0.1, 0.15) is 12.4 Å². The molecule has 0 aliphatic heterocycles. The summed E-state index contributed by atoms with van der Waals surface area (Å²) in [5.74, 6) is 0.964. The van der Waals surface area contributed by atoms with E-state index in [4.69, 9.17) is 9.47 Å². The van der Waals surface area contributed by atoms with Crippen molar-refractivity contribution in [1.29, 1.82) is 0 Å². The van der Waals surface area contributed by atoms with Gasteiger partial charge < -0.3 is 14.8 Å².